The zero-order valence-electron chi connectivity index (χ0n) is 11.0. The summed E-state index contributed by atoms with van der Waals surface area (Å²) in [6.07, 6.45) is 1.48. The number of nitrogens with zero attached hydrogens (tertiary/aromatic N) is 1. The van der Waals surface area contributed by atoms with Crippen molar-refractivity contribution >= 4 is 23.2 Å². The molecule has 0 spiro atoms. The van der Waals surface area contributed by atoms with Crippen LogP contribution in [0.3, 0.4) is 0 Å². The van der Waals surface area contributed by atoms with Crippen LogP contribution in [0, 0.1) is 0 Å². The Morgan fingerprint density at radius 3 is 2.90 bits per heavy atom. The van der Waals surface area contributed by atoms with Crippen LogP contribution >= 0.6 is 11.3 Å². The number of aliphatic hydroxyl groups is 1. The van der Waals surface area contributed by atoms with E-state index in [0.717, 1.165) is 0 Å². The van der Waals surface area contributed by atoms with Gasteiger partial charge in [0, 0.05) is 18.4 Å². The van der Waals surface area contributed by atoms with Crippen LogP contribution in [-0.2, 0) is 16.0 Å². The summed E-state index contributed by atoms with van der Waals surface area (Å²) in [6.45, 7) is -0.309. The van der Waals surface area contributed by atoms with Crippen LogP contribution < -0.4 is 5.32 Å². The predicted octanol–water partition coefficient (Wildman–Crippen LogP) is 0.897. The average molecular weight is 310 g/mol. The van der Waals surface area contributed by atoms with Crippen molar-refractivity contribution in [1.29, 1.82) is 0 Å². The number of aliphatic carboxylic acids is 1. The number of carbonyl (C=O) groups excluding carboxylic acids is 1. The first-order valence-corrected chi connectivity index (χ1v) is 7.09. The molecule has 0 aliphatic carbocycles. The molecule has 0 aromatic carbocycles. The Labute approximate surface area is 124 Å². The third kappa shape index (κ3) is 4.14. The molecular formula is C13H14N2O5S. The van der Waals surface area contributed by atoms with Gasteiger partial charge in [-0.2, -0.15) is 0 Å². The molecule has 0 bridgehead atoms. The van der Waals surface area contributed by atoms with Crippen LogP contribution in [0.1, 0.15) is 12.1 Å². The van der Waals surface area contributed by atoms with E-state index >= 15 is 0 Å². The molecule has 3 N–H and O–H groups in total. The Kier molecular flexibility index (Phi) is 5.07. The summed E-state index contributed by atoms with van der Waals surface area (Å²) < 4.78 is 5.21. The number of amides is 1. The van der Waals surface area contributed by atoms with Crippen molar-refractivity contribution in [3.63, 3.8) is 0 Å². The summed E-state index contributed by atoms with van der Waals surface area (Å²) in [7, 11) is 0. The van der Waals surface area contributed by atoms with Crippen LogP contribution in [0.4, 0.5) is 0 Å². The molecule has 7 nitrogen and oxygen atoms in total. The van der Waals surface area contributed by atoms with E-state index in [1.807, 2.05) is 0 Å². The molecule has 2 heterocycles. The maximum Gasteiger partial charge on any atom is 0.326 e. The van der Waals surface area contributed by atoms with Gasteiger partial charge in [-0.25, -0.2) is 9.78 Å². The molecule has 8 heteroatoms. The summed E-state index contributed by atoms with van der Waals surface area (Å²) in [5, 5.41) is 22.4. The zero-order valence-corrected chi connectivity index (χ0v) is 11.8. The van der Waals surface area contributed by atoms with Crippen molar-refractivity contribution in [2.45, 2.75) is 18.9 Å². The minimum absolute atomic E-state index is 0.0214. The summed E-state index contributed by atoms with van der Waals surface area (Å²) in [4.78, 5) is 26.9. The summed E-state index contributed by atoms with van der Waals surface area (Å²) in [6, 6.07) is 2.42. The Bertz CT molecular complexity index is 608. The van der Waals surface area contributed by atoms with E-state index in [-0.39, 0.29) is 19.4 Å². The number of nitrogens with one attached hydrogen (secondary N) is 1. The zero-order chi connectivity index (χ0) is 15.2. The third-order valence-corrected chi connectivity index (χ3v) is 3.58. The highest BCUT2D eigenvalue weighted by atomic mass is 32.1. The minimum atomic E-state index is -1.17. The number of thiazole rings is 1. The molecule has 1 atom stereocenters. The van der Waals surface area contributed by atoms with Crippen LogP contribution in [0.15, 0.2) is 28.2 Å². The predicted molar refractivity (Wildman–Crippen MR) is 74.8 cm³/mol. The quantitative estimate of drug-likeness (QED) is 0.700. The van der Waals surface area contributed by atoms with Gasteiger partial charge in [0.1, 0.15) is 6.04 Å². The van der Waals surface area contributed by atoms with E-state index in [9.17, 15) is 9.59 Å². The topological polar surface area (TPSA) is 113 Å². The fourth-order valence-corrected chi connectivity index (χ4v) is 2.48. The second-order valence-electron chi connectivity index (χ2n) is 4.27. The molecule has 1 amide bonds. The first-order valence-electron chi connectivity index (χ1n) is 6.21. The standard InChI is InChI=1S/C13H14N2O5S/c16-4-3-9(13(18)19)15-11(17)6-8-7-21-12(14-8)10-2-1-5-20-10/h1-2,5,7,9,16H,3-4,6H2,(H,15,17)(H,18,19)/t9-/m1/s1. The van der Waals surface area contributed by atoms with Gasteiger partial charge in [0.25, 0.3) is 0 Å². The first kappa shape index (κ1) is 15.2. The van der Waals surface area contributed by atoms with Crippen molar-refractivity contribution < 1.29 is 24.2 Å². The van der Waals surface area contributed by atoms with Crippen molar-refractivity contribution in [3.05, 3.63) is 29.5 Å². The van der Waals surface area contributed by atoms with Crippen molar-refractivity contribution in [3.8, 4) is 10.8 Å². The number of hydrogen-bond acceptors (Lipinski definition) is 6. The van der Waals surface area contributed by atoms with Gasteiger partial charge in [0.05, 0.1) is 18.4 Å². The molecule has 0 radical (unpaired) electrons. The molecule has 0 aliphatic heterocycles. The lowest BCUT2D eigenvalue weighted by atomic mass is 10.2. The monoisotopic (exact) mass is 310 g/mol. The SMILES string of the molecule is O=C(Cc1csc(-c2ccco2)n1)N[C@H](CCO)C(=O)O. The van der Waals surface area contributed by atoms with E-state index in [2.05, 4.69) is 10.3 Å². The largest absolute Gasteiger partial charge is 0.480 e. The Hall–Kier alpha value is -2.19. The highest BCUT2D eigenvalue weighted by Crippen LogP contribution is 2.24. The number of carboxylic acids is 1. The maximum absolute atomic E-state index is 11.8. The van der Waals surface area contributed by atoms with Crippen LogP contribution in [0.5, 0.6) is 0 Å². The summed E-state index contributed by atoms with van der Waals surface area (Å²) >= 11 is 1.34. The lowest BCUT2D eigenvalue weighted by molar-refractivity contribution is -0.142. The Morgan fingerprint density at radius 1 is 1.48 bits per heavy atom. The van der Waals surface area contributed by atoms with Gasteiger partial charge in [-0.1, -0.05) is 0 Å². The first-order chi connectivity index (χ1) is 10.1. The molecule has 0 saturated carbocycles. The number of aliphatic hydroxyl groups excluding tert-OH is 1. The van der Waals surface area contributed by atoms with Gasteiger partial charge in [0.2, 0.25) is 5.91 Å². The second-order valence-corrected chi connectivity index (χ2v) is 5.13. The minimum Gasteiger partial charge on any atom is -0.480 e. The van der Waals surface area contributed by atoms with E-state index in [0.29, 0.717) is 16.5 Å². The molecule has 2 aromatic rings. The number of carbonyl (C=O) groups is 2. The normalized spacial score (nSPS) is 12.0. The fourth-order valence-electron chi connectivity index (χ4n) is 1.70. The molecule has 0 saturated heterocycles. The average Bonchev–Trinajstić information content (AvgIpc) is 3.08. The maximum atomic E-state index is 11.8. The van der Waals surface area contributed by atoms with E-state index in [4.69, 9.17) is 14.6 Å². The van der Waals surface area contributed by atoms with E-state index < -0.39 is 17.9 Å². The van der Waals surface area contributed by atoms with E-state index in [1.54, 1.807) is 17.5 Å². The highest BCUT2D eigenvalue weighted by molar-refractivity contribution is 7.13. The molecular weight excluding hydrogens is 296 g/mol. The van der Waals surface area contributed by atoms with E-state index in [1.165, 1.54) is 17.6 Å². The number of hydrogen-bond donors (Lipinski definition) is 3. The fraction of sp³-hybridized carbons (Fsp3) is 0.308. The van der Waals surface area contributed by atoms with Gasteiger partial charge in [0.15, 0.2) is 10.8 Å². The molecule has 0 unspecified atom stereocenters. The van der Waals surface area contributed by atoms with Crippen LogP contribution in [0.25, 0.3) is 10.8 Å². The van der Waals surface area contributed by atoms with Gasteiger partial charge in [-0.15, -0.1) is 11.3 Å². The molecule has 2 aromatic heterocycles. The van der Waals surface area contributed by atoms with Gasteiger partial charge < -0.3 is 19.9 Å². The third-order valence-electron chi connectivity index (χ3n) is 2.68. The molecule has 21 heavy (non-hydrogen) atoms. The molecule has 0 aliphatic rings. The van der Waals surface area contributed by atoms with Gasteiger partial charge >= 0.3 is 5.97 Å². The highest BCUT2D eigenvalue weighted by Gasteiger charge is 2.20. The number of aromatic nitrogens is 1. The molecule has 0 fully saturated rings. The van der Waals surface area contributed by atoms with Crippen LogP contribution in [-0.4, -0.2) is 39.7 Å². The van der Waals surface area contributed by atoms with Crippen molar-refractivity contribution in [2.75, 3.05) is 6.61 Å². The smallest absolute Gasteiger partial charge is 0.326 e. The summed E-state index contributed by atoms with van der Waals surface area (Å²) in [5.74, 6) is -1.01. The van der Waals surface area contributed by atoms with Crippen molar-refractivity contribution in [1.82, 2.24) is 10.3 Å². The Morgan fingerprint density at radius 2 is 2.29 bits per heavy atom. The number of rotatable bonds is 7. The second kappa shape index (κ2) is 7.00. The lowest BCUT2D eigenvalue weighted by Crippen LogP contribution is -2.42. The number of furan rings is 1. The summed E-state index contributed by atoms with van der Waals surface area (Å²) in [5.41, 5.74) is 0.539. The number of carboxylic acid groups (broad SMARTS) is 1. The van der Waals surface area contributed by atoms with Crippen molar-refractivity contribution in [2.24, 2.45) is 0 Å². The van der Waals surface area contributed by atoms with Gasteiger partial charge in [-0.3, -0.25) is 4.79 Å². The van der Waals surface area contributed by atoms with Crippen LogP contribution in [0.2, 0.25) is 0 Å². The molecule has 2 rings (SSSR count). The molecule has 112 valence electrons. The Balaban J connectivity index is 1.95. The van der Waals surface area contributed by atoms with Gasteiger partial charge in [-0.05, 0) is 12.1 Å². The lowest BCUT2D eigenvalue weighted by Gasteiger charge is -2.12.